The van der Waals surface area contributed by atoms with Crippen LogP contribution in [0.1, 0.15) is 23.2 Å². The molecule has 1 saturated carbocycles. The summed E-state index contributed by atoms with van der Waals surface area (Å²) in [7, 11) is 0. The third-order valence-corrected chi connectivity index (χ3v) is 3.29. The van der Waals surface area contributed by atoms with E-state index in [4.69, 9.17) is 5.73 Å². The molecule has 18 heavy (non-hydrogen) atoms. The molecule has 0 saturated heterocycles. The number of benzene rings is 1. The second-order valence-electron chi connectivity index (χ2n) is 4.31. The van der Waals surface area contributed by atoms with Crippen molar-refractivity contribution in [1.82, 2.24) is 5.32 Å². The number of hydrogen-bond donors (Lipinski definition) is 2. The normalized spacial score (nSPS) is 17.3. The van der Waals surface area contributed by atoms with Gasteiger partial charge in [0.15, 0.2) is 0 Å². The number of nitrogens with two attached hydrogens (primary N) is 1. The summed E-state index contributed by atoms with van der Waals surface area (Å²) in [6.45, 7) is 0. The van der Waals surface area contributed by atoms with Crippen LogP contribution in [-0.2, 0) is 0 Å². The Morgan fingerprint density at radius 1 is 1.33 bits per heavy atom. The molecule has 0 aromatic heterocycles. The van der Waals surface area contributed by atoms with Crippen molar-refractivity contribution in [2.75, 3.05) is 5.73 Å². The van der Waals surface area contributed by atoms with Crippen LogP contribution in [0.15, 0.2) is 22.7 Å². The van der Waals surface area contributed by atoms with Gasteiger partial charge in [-0.1, -0.05) is 15.9 Å². The molecular formula is C11H10BrF3N2O. The van der Waals surface area contributed by atoms with Gasteiger partial charge in [0.1, 0.15) is 5.54 Å². The Hall–Kier alpha value is -1.24. The monoisotopic (exact) mass is 322 g/mol. The molecule has 7 heteroatoms. The van der Waals surface area contributed by atoms with Gasteiger partial charge in [-0.25, -0.2) is 0 Å². The third-order valence-electron chi connectivity index (χ3n) is 2.83. The molecule has 0 spiro atoms. The number of nitrogen functional groups attached to an aromatic ring is 1. The minimum absolute atomic E-state index is 0.0777. The molecule has 3 N–H and O–H groups in total. The van der Waals surface area contributed by atoms with Crippen LogP contribution in [0.25, 0.3) is 0 Å². The van der Waals surface area contributed by atoms with Gasteiger partial charge >= 0.3 is 6.18 Å². The van der Waals surface area contributed by atoms with Crippen LogP contribution in [-0.4, -0.2) is 17.6 Å². The number of nitrogens with one attached hydrogen (secondary N) is 1. The van der Waals surface area contributed by atoms with Gasteiger partial charge in [0.05, 0.1) is 0 Å². The second kappa shape index (κ2) is 4.15. The van der Waals surface area contributed by atoms with Crippen molar-refractivity contribution >= 4 is 27.5 Å². The topological polar surface area (TPSA) is 55.1 Å². The van der Waals surface area contributed by atoms with Gasteiger partial charge < -0.3 is 11.1 Å². The molecule has 98 valence electrons. The maximum atomic E-state index is 12.7. The standard InChI is InChI=1S/C11H10BrF3N2O/c12-7-3-6(4-8(16)5-7)9(18)17-10(1-2-10)11(13,14)15/h3-5H,1-2,16H2,(H,17,18). The van der Waals surface area contributed by atoms with Crippen LogP contribution in [0.2, 0.25) is 0 Å². The SMILES string of the molecule is Nc1cc(Br)cc(C(=O)NC2(C(F)(F)F)CC2)c1. The summed E-state index contributed by atoms with van der Waals surface area (Å²) < 4.78 is 38.6. The van der Waals surface area contributed by atoms with Crippen LogP contribution >= 0.6 is 15.9 Å². The van der Waals surface area contributed by atoms with E-state index in [0.29, 0.717) is 10.2 Å². The number of rotatable bonds is 2. The molecule has 1 amide bonds. The Balaban J connectivity index is 2.18. The largest absolute Gasteiger partial charge is 0.411 e. The van der Waals surface area contributed by atoms with Gasteiger partial charge in [-0.2, -0.15) is 13.2 Å². The van der Waals surface area contributed by atoms with Crippen LogP contribution in [0.5, 0.6) is 0 Å². The molecule has 3 nitrogen and oxygen atoms in total. The minimum atomic E-state index is -4.42. The van der Waals surface area contributed by atoms with E-state index >= 15 is 0 Å². The fraction of sp³-hybridized carbons (Fsp3) is 0.364. The maximum Gasteiger partial charge on any atom is 0.411 e. The average Bonchev–Trinajstić information content (AvgIpc) is 2.96. The van der Waals surface area contributed by atoms with Crippen LogP contribution in [0.4, 0.5) is 18.9 Å². The summed E-state index contributed by atoms with van der Waals surface area (Å²) in [6, 6.07) is 4.33. The fourth-order valence-corrected chi connectivity index (χ4v) is 2.15. The number of anilines is 1. The van der Waals surface area contributed by atoms with Gasteiger partial charge in [-0.15, -0.1) is 0 Å². The average molecular weight is 323 g/mol. The lowest BCUT2D eigenvalue weighted by Gasteiger charge is -2.20. The minimum Gasteiger partial charge on any atom is -0.399 e. The Morgan fingerprint density at radius 2 is 1.94 bits per heavy atom. The number of halogens is 4. The first-order valence-electron chi connectivity index (χ1n) is 5.19. The maximum absolute atomic E-state index is 12.7. The number of carbonyl (C=O) groups is 1. The van der Waals surface area contributed by atoms with Crippen molar-refractivity contribution in [3.05, 3.63) is 28.2 Å². The lowest BCUT2D eigenvalue weighted by molar-refractivity contribution is -0.163. The van der Waals surface area contributed by atoms with Gasteiger partial charge in [-0.05, 0) is 31.0 Å². The van der Waals surface area contributed by atoms with E-state index in [2.05, 4.69) is 15.9 Å². The van der Waals surface area contributed by atoms with E-state index in [1.165, 1.54) is 12.1 Å². The molecule has 0 radical (unpaired) electrons. The highest BCUT2D eigenvalue weighted by Crippen LogP contribution is 2.49. The molecule has 1 aliphatic carbocycles. The number of amides is 1. The van der Waals surface area contributed by atoms with E-state index < -0.39 is 17.6 Å². The zero-order valence-corrected chi connectivity index (χ0v) is 10.7. The van der Waals surface area contributed by atoms with Gasteiger partial charge in [-0.3, -0.25) is 4.79 Å². The Kier molecular flexibility index (Phi) is 3.04. The fourth-order valence-electron chi connectivity index (χ4n) is 1.64. The van der Waals surface area contributed by atoms with Gasteiger partial charge in [0, 0.05) is 15.7 Å². The number of alkyl halides is 3. The van der Waals surface area contributed by atoms with Gasteiger partial charge in [0.25, 0.3) is 5.91 Å². The predicted molar refractivity (Wildman–Crippen MR) is 64.0 cm³/mol. The molecule has 0 heterocycles. The van der Waals surface area contributed by atoms with Crippen LogP contribution in [0.3, 0.4) is 0 Å². The summed E-state index contributed by atoms with van der Waals surface area (Å²) in [4.78, 5) is 11.8. The molecule has 1 fully saturated rings. The Bertz CT molecular complexity index is 477. The van der Waals surface area contributed by atoms with Crippen LogP contribution in [0, 0.1) is 0 Å². The van der Waals surface area contributed by atoms with Crippen molar-refractivity contribution in [2.24, 2.45) is 0 Å². The van der Waals surface area contributed by atoms with E-state index in [1.807, 2.05) is 5.32 Å². The molecule has 1 aromatic carbocycles. The highest BCUT2D eigenvalue weighted by molar-refractivity contribution is 9.10. The van der Waals surface area contributed by atoms with Crippen LogP contribution < -0.4 is 11.1 Å². The molecule has 1 aliphatic rings. The van der Waals surface area contributed by atoms with Crippen molar-refractivity contribution in [1.29, 1.82) is 0 Å². The first-order chi connectivity index (χ1) is 8.23. The van der Waals surface area contributed by atoms with E-state index in [0.717, 1.165) is 0 Å². The van der Waals surface area contributed by atoms with Crippen molar-refractivity contribution < 1.29 is 18.0 Å². The lowest BCUT2D eigenvalue weighted by atomic mass is 10.1. The number of hydrogen-bond acceptors (Lipinski definition) is 2. The molecule has 0 aliphatic heterocycles. The molecule has 0 atom stereocenters. The zero-order chi connectivity index (χ0) is 13.6. The lowest BCUT2D eigenvalue weighted by Crippen LogP contribution is -2.47. The summed E-state index contributed by atoms with van der Waals surface area (Å²) in [5, 5.41) is 2.04. The Labute approximate surface area is 110 Å². The van der Waals surface area contributed by atoms with E-state index in [-0.39, 0.29) is 18.4 Å². The summed E-state index contributed by atoms with van der Waals surface area (Å²) >= 11 is 3.13. The first kappa shape index (κ1) is 13.2. The highest BCUT2D eigenvalue weighted by atomic mass is 79.9. The molecule has 0 bridgehead atoms. The Morgan fingerprint density at radius 3 is 2.39 bits per heavy atom. The first-order valence-corrected chi connectivity index (χ1v) is 5.98. The second-order valence-corrected chi connectivity index (χ2v) is 5.22. The summed E-state index contributed by atoms with van der Waals surface area (Å²) in [5.74, 6) is -0.766. The number of carbonyl (C=O) groups excluding carboxylic acids is 1. The molecule has 1 aromatic rings. The highest BCUT2D eigenvalue weighted by Gasteiger charge is 2.64. The molecular weight excluding hydrogens is 313 g/mol. The third kappa shape index (κ3) is 2.45. The van der Waals surface area contributed by atoms with Gasteiger partial charge in [0.2, 0.25) is 0 Å². The predicted octanol–water partition coefficient (Wildman–Crippen LogP) is 2.86. The van der Waals surface area contributed by atoms with Crippen molar-refractivity contribution in [3.8, 4) is 0 Å². The zero-order valence-electron chi connectivity index (χ0n) is 9.14. The van der Waals surface area contributed by atoms with Crippen molar-refractivity contribution in [3.63, 3.8) is 0 Å². The summed E-state index contributed by atoms with van der Waals surface area (Å²) in [6.07, 6.45) is -4.57. The smallest absolute Gasteiger partial charge is 0.399 e. The van der Waals surface area contributed by atoms with Crippen molar-refractivity contribution in [2.45, 2.75) is 24.6 Å². The molecule has 2 rings (SSSR count). The quantitative estimate of drug-likeness (QED) is 0.823. The van der Waals surface area contributed by atoms with E-state index in [1.54, 1.807) is 6.07 Å². The van der Waals surface area contributed by atoms with E-state index in [9.17, 15) is 18.0 Å². The summed E-state index contributed by atoms with van der Waals surface area (Å²) in [5.41, 5.74) is 3.90. The molecule has 0 unspecified atom stereocenters.